The van der Waals surface area contributed by atoms with Gasteiger partial charge in [0, 0.05) is 48.1 Å². The molecule has 158 valence electrons. The highest BCUT2D eigenvalue weighted by Crippen LogP contribution is 2.30. The highest BCUT2D eigenvalue weighted by molar-refractivity contribution is 6.31. The molecule has 3 N–H and O–H groups in total. The van der Waals surface area contributed by atoms with Crippen LogP contribution < -0.4 is 20.9 Å². The van der Waals surface area contributed by atoms with E-state index in [1.165, 1.54) is 12.8 Å². The number of halogens is 1. The molecule has 0 aromatic heterocycles. The van der Waals surface area contributed by atoms with Crippen LogP contribution in [-0.4, -0.2) is 38.0 Å². The molecule has 0 bridgehead atoms. The summed E-state index contributed by atoms with van der Waals surface area (Å²) >= 11 is 6.19. The first kappa shape index (κ1) is 20.7. The monoisotopic (exact) mass is 426 g/mol. The normalized spacial score (nSPS) is 18.7. The summed E-state index contributed by atoms with van der Waals surface area (Å²) in [6, 6.07) is 11.4. The summed E-state index contributed by atoms with van der Waals surface area (Å²) in [4.78, 5) is 26.7. The zero-order chi connectivity index (χ0) is 21.1. The number of aryl methyl sites for hydroxylation is 1. The van der Waals surface area contributed by atoms with E-state index in [2.05, 4.69) is 16.0 Å². The Hall–Kier alpha value is -2.57. The van der Waals surface area contributed by atoms with Gasteiger partial charge in [-0.05, 0) is 61.7 Å². The van der Waals surface area contributed by atoms with E-state index in [0.29, 0.717) is 28.7 Å². The van der Waals surface area contributed by atoms with E-state index in [4.69, 9.17) is 11.6 Å². The van der Waals surface area contributed by atoms with Crippen LogP contribution in [0.2, 0.25) is 5.02 Å². The molecule has 2 aromatic rings. The molecule has 4 rings (SSSR count). The fourth-order valence-corrected chi connectivity index (χ4v) is 4.27. The highest BCUT2D eigenvalue weighted by atomic mass is 35.5. The van der Waals surface area contributed by atoms with Gasteiger partial charge in [0.2, 0.25) is 5.91 Å². The van der Waals surface area contributed by atoms with E-state index in [1.54, 1.807) is 30.1 Å². The summed E-state index contributed by atoms with van der Waals surface area (Å²) in [7, 11) is 1.77. The molecule has 1 unspecified atom stereocenters. The molecule has 0 aliphatic carbocycles. The van der Waals surface area contributed by atoms with E-state index < -0.39 is 0 Å². The Balaban J connectivity index is 1.50. The lowest BCUT2D eigenvalue weighted by atomic mass is 10.0. The Kier molecular flexibility index (Phi) is 6.25. The number of benzene rings is 2. The lowest BCUT2D eigenvalue weighted by Crippen LogP contribution is -2.39. The number of nitrogens with zero attached hydrogens (tertiary/aromatic N) is 1. The van der Waals surface area contributed by atoms with Crippen LogP contribution in [0.3, 0.4) is 0 Å². The number of carbonyl (C=O) groups excluding carboxylic acids is 2. The topological polar surface area (TPSA) is 73.5 Å². The minimum atomic E-state index is -0.212. The predicted octanol–water partition coefficient (Wildman–Crippen LogP) is 4.06. The molecule has 7 heteroatoms. The first-order valence-electron chi connectivity index (χ1n) is 10.5. The van der Waals surface area contributed by atoms with Crippen LogP contribution in [0.25, 0.3) is 0 Å². The Bertz CT molecular complexity index is 956. The van der Waals surface area contributed by atoms with Crippen molar-refractivity contribution in [2.45, 2.75) is 38.1 Å². The summed E-state index contributed by atoms with van der Waals surface area (Å²) < 4.78 is 0. The molecular formula is C23H27ClN4O2. The molecule has 0 spiro atoms. The molecule has 30 heavy (non-hydrogen) atoms. The molecule has 1 atom stereocenters. The number of hydrogen-bond donors (Lipinski definition) is 3. The van der Waals surface area contributed by atoms with Gasteiger partial charge in [0.1, 0.15) is 0 Å². The third kappa shape index (κ3) is 4.60. The maximum Gasteiger partial charge on any atom is 0.257 e. The summed E-state index contributed by atoms with van der Waals surface area (Å²) in [5, 5.41) is 10.4. The Morgan fingerprint density at radius 3 is 2.87 bits per heavy atom. The van der Waals surface area contributed by atoms with Crippen molar-refractivity contribution in [3.05, 3.63) is 52.5 Å². The Morgan fingerprint density at radius 2 is 2.07 bits per heavy atom. The zero-order valence-corrected chi connectivity index (χ0v) is 17.9. The van der Waals surface area contributed by atoms with Crippen molar-refractivity contribution in [3.63, 3.8) is 0 Å². The van der Waals surface area contributed by atoms with Gasteiger partial charge in [-0.1, -0.05) is 24.1 Å². The van der Waals surface area contributed by atoms with Crippen molar-refractivity contribution < 1.29 is 9.59 Å². The summed E-state index contributed by atoms with van der Waals surface area (Å²) in [6.07, 6.45) is 4.80. The van der Waals surface area contributed by atoms with Gasteiger partial charge in [0.25, 0.3) is 5.91 Å². The van der Waals surface area contributed by atoms with E-state index in [9.17, 15) is 9.59 Å². The third-order valence-corrected chi connectivity index (χ3v) is 6.10. The minimum absolute atomic E-state index is 0.0893. The fourth-order valence-electron chi connectivity index (χ4n) is 4.10. The van der Waals surface area contributed by atoms with Gasteiger partial charge in [-0.25, -0.2) is 0 Å². The SMILES string of the molecule is CN1C(=O)CCc2ccc(NC(=O)c3ccc(Cl)cc3NCC3CCCCN3)cc21. The lowest BCUT2D eigenvalue weighted by molar-refractivity contribution is -0.118. The van der Waals surface area contributed by atoms with Crippen LogP contribution >= 0.6 is 11.6 Å². The predicted molar refractivity (Wildman–Crippen MR) is 122 cm³/mol. The number of anilines is 3. The first-order chi connectivity index (χ1) is 14.5. The number of rotatable bonds is 5. The van der Waals surface area contributed by atoms with Gasteiger partial charge in [-0.15, -0.1) is 0 Å². The van der Waals surface area contributed by atoms with Gasteiger partial charge in [0.05, 0.1) is 5.56 Å². The molecule has 1 fully saturated rings. The van der Waals surface area contributed by atoms with E-state index in [0.717, 1.165) is 42.9 Å². The van der Waals surface area contributed by atoms with Crippen molar-refractivity contribution in [3.8, 4) is 0 Å². The number of amides is 2. The summed E-state index contributed by atoms with van der Waals surface area (Å²) in [5.74, 6) is -0.123. The van der Waals surface area contributed by atoms with E-state index >= 15 is 0 Å². The number of piperidine rings is 1. The van der Waals surface area contributed by atoms with Crippen molar-refractivity contribution >= 4 is 40.5 Å². The second-order valence-electron chi connectivity index (χ2n) is 7.97. The largest absolute Gasteiger partial charge is 0.383 e. The van der Waals surface area contributed by atoms with Crippen LogP contribution in [0.5, 0.6) is 0 Å². The van der Waals surface area contributed by atoms with Crippen LogP contribution in [0.15, 0.2) is 36.4 Å². The van der Waals surface area contributed by atoms with Gasteiger partial charge in [-0.3, -0.25) is 9.59 Å². The maximum atomic E-state index is 13.0. The van der Waals surface area contributed by atoms with Crippen LogP contribution in [0.4, 0.5) is 17.1 Å². The zero-order valence-electron chi connectivity index (χ0n) is 17.1. The smallest absolute Gasteiger partial charge is 0.257 e. The van der Waals surface area contributed by atoms with E-state index in [1.807, 2.05) is 18.2 Å². The average molecular weight is 427 g/mol. The Labute approximate surface area is 182 Å². The van der Waals surface area contributed by atoms with Crippen molar-refractivity contribution in [1.82, 2.24) is 5.32 Å². The van der Waals surface area contributed by atoms with Crippen molar-refractivity contribution in [2.24, 2.45) is 0 Å². The molecule has 2 aliphatic heterocycles. The molecular weight excluding hydrogens is 400 g/mol. The molecule has 2 aliphatic rings. The van der Waals surface area contributed by atoms with Gasteiger partial charge >= 0.3 is 0 Å². The van der Waals surface area contributed by atoms with Crippen molar-refractivity contribution in [1.29, 1.82) is 0 Å². The second-order valence-corrected chi connectivity index (χ2v) is 8.40. The Morgan fingerprint density at radius 1 is 1.20 bits per heavy atom. The fraction of sp³-hybridized carbons (Fsp3) is 0.391. The van der Waals surface area contributed by atoms with Gasteiger partial charge in [-0.2, -0.15) is 0 Å². The second kappa shape index (κ2) is 9.06. The quantitative estimate of drug-likeness (QED) is 0.674. The minimum Gasteiger partial charge on any atom is -0.383 e. The molecule has 2 aromatic carbocycles. The molecule has 0 radical (unpaired) electrons. The lowest BCUT2D eigenvalue weighted by Gasteiger charge is -2.26. The summed E-state index contributed by atoms with van der Waals surface area (Å²) in [6.45, 7) is 1.77. The van der Waals surface area contributed by atoms with E-state index in [-0.39, 0.29) is 11.8 Å². The first-order valence-corrected chi connectivity index (χ1v) is 10.9. The molecule has 6 nitrogen and oxygen atoms in total. The van der Waals surface area contributed by atoms with Crippen LogP contribution in [-0.2, 0) is 11.2 Å². The highest BCUT2D eigenvalue weighted by Gasteiger charge is 2.22. The van der Waals surface area contributed by atoms with Crippen LogP contribution in [0.1, 0.15) is 41.6 Å². The number of hydrogen-bond acceptors (Lipinski definition) is 4. The van der Waals surface area contributed by atoms with Crippen molar-refractivity contribution in [2.75, 3.05) is 35.7 Å². The average Bonchev–Trinajstić information content (AvgIpc) is 2.76. The van der Waals surface area contributed by atoms with Crippen LogP contribution in [0, 0.1) is 0 Å². The summed E-state index contributed by atoms with van der Waals surface area (Å²) in [5.41, 5.74) is 3.89. The molecule has 0 saturated carbocycles. The third-order valence-electron chi connectivity index (χ3n) is 5.86. The number of nitrogens with one attached hydrogen (secondary N) is 3. The van der Waals surface area contributed by atoms with Gasteiger partial charge in [0.15, 0.2) is 0 Å². The molecule has 2 heterocycles. The molecule has 2 amide bonds. The maximum absolute atomic E-state index is 13.0. The van der Waals surface area contributed by atoms with Gasteiger partial charge < -0.3 is 20.9 Å². The molecule has 1 saturated heterocycles. The number of fused-ring (bicyclic) bond motifs is 1. The number of carbonyl (C=O) groups is 2. The standard InChI is InChI=1S/C23H27ClN4O2/c1-28-21-13-17(8-5-15(21)6-10-22(28)29)27-23(30)19-9-7-16(24)12-20(19)26-14-18-4-2-3-11-25-18/h5,7-9,12-13,18,25-26H,2-4,6,10-11,14H2,1H3,(H,27,30).